The maximum absolute atomic E-state index is 10.8. The van der Waals surface area contributed by atoms with Crippen LogP contribution in [0.2, 0.25) is 5.02 Å². The molecule has 2 heterocycles. The zero-order valence-corrected chi connectivity index (χ0v) is 18.1. The molecular weight excluding hydrogens is 390 g/mol. The lowest BCUT2D eigenvalue weighted by Gasteiger charge is -2.40. The predicted molar refractivity (Wildman–Crippen MR) is 115 cm³/mol. The summed E-state index contributed by atoms with van der Waals surface area (Å²) in [5.74, 6) is 1.32. The van der Waals surface area contributed by atoms with Crippen molar-refractivity contribution in [3.05, 3.63) is 52.8 Å². The van der Waals surface area contributed by atoms with Crippen LogP contribution in [0.3, 0.4) is 0 Å². The summed E-state index contributed by atoms with van der Waals surface area (Å²) in [5, 5.41) is 11.4. The molecular formula is C22H30ClN3O3. The second-order valence-electron chi connectivity index (χ2n) is 7.51. The lowest BCUT2D eigenvalue weighted by Crippen LogP contribution is -2.53. The minimum Gasteiger partial charge on any atom is -0.493 e. The first-order chi connectivity index (χ1) is 14.0. The highest BCUT2D eigenvalue weighted by molar-refractivity contribution is 6.30. The lowest BCUT2D eigenvalue weighted by atomic mass is 9.99. The van der Waals surface area contributed by atoms with Crippen LogP contribution in [-0.4, -0.2) is 72.9 Å². The van der Waals surface area contributed by atoms with Crippen LogP contribution in [0.1, 0.15) is 17.7 Å². The summed E-state index contributed by atoms with van der Waals surface area (Å²) in [7, 11) is 5.32. The molecule has 1 aromatic carbocycles. The predicted octanol–water partition coefficient (Wildman–Crippen LogP) is 2.86. The number of β-amino-alcohol motifs (C(OH)–C–C–N with tert-alkyl or cyclic N) is 1. The summed E-state index contributed by atoms with van der Waals surface area (Å²) >= 11 is 6.24. The Balaban J connectivity index is 1.58. The van der Waals surface area contributed by atoms with Crippen molar-refractivity contribution >= 4 is 11.6 Å². The van der Waals surface area contributed by atoms with Crippen molar-refractivity contribution in [2.24, 2.45) is 0 Å². The second kappa shape index (κ2) is 10.3. The largest absolute Gasteiger partial charge is 0.493 e. The van der Waals surface area contributed by atoms with Crippen molar-refractivity contribution in [3.8, 4) is 11.5 Å². The number of hydrogen-bond donors (Lipinski definition) is 1. The first kappa shape index (κ1) is 21.8. The number of rotatable bonds is 8. The molecule has 7 heteroatoms. The van der Waals surface area contributed by atoms with Gasteiger partial charge in [-0.25, -0.2) is 0 Å². The van der Waals surface area contributed by atoms with Crippen molar-refractivity contribution in [1.29, 1.82) is 0 Å². The van der Waals surface area contributed by atoms with Crippen LogP contribution in [-0.2, 0) is 13.0 Å². The van der Waals surface area contributed by atoms with Gasteiger partial charge in [-0.2, -0.15) is 0 Å². The molecule has 3 rings (SSSR count). The molecule has 2 aromatic rings. The fourth-order valence-corrected chi connectivity index (χ4v) is 4.24. The number of methoxy groups -OCH3 is 2. The van der Waals surface area contributed by atoms with Crippen LogP contribution in [0, 0.1) is 0 Å². The Morgan fingerprint density at radius 1 is 1.28 bits per heavy atom. The van der Waals surface area contributed by atoms with Gasteiger partial charge in [0.05, 0.1) is 20.3 Å². The van der Waals surface area contributed by atoms with E-state index in [2.05, 4.69) is 21.8 Å². The SMILES string of the molecule is COc1cc(Cl)cc(CN2CC[C@@H](N(C)CCc3ccccn3)[C@H](O)C2)c1OC. The first-order valence-corrected chi connectivity index (χ1v) is 10.3. The number of aliphatic hydroxyl groups is 1. The van der Waals surface area contributed by atoms with E-state index >= 15 is 0 Å². The van der Waals surface area contributed by atoms with Gasteiger partial charge in [-0.05, 0) is 31.7 Å². The Bertz CT molecular complexity index is 790. The van der Waals surface area contributed by atoms with E-state index in [9.17, 15) is 5.11 Å². The summed E-state index contributed by atoms with van der Waals surface area (Å²) in [6, 6.07) is 9.78. The van der Waals surface area contributed by atoms with Gasteiger partial charge in [0.25, 0.3) is 0 Å². The molecule has 1 N–H and O–H groups in total. The van der Waals surface area contributed by atoms with E-state index in [4.69, 9.17) is 21.1 Å². The van der Waals surface area contributed by atoms with Crippen LogP contribution in [0.5, 0.6) is 11.5 Å². The topological polar surface area (TPSA) is 58.1 Å². The molecule has 1 aliphatic rings. The van der Waals surface area contributed by atoms with Gasteiger partial charge < -0.3 is 19.5 Å². The number of benzene rings is 1. The van der Waals surface area contributed by atoms with Crippen molar-refractivity contribution in [3.63, 3.8) is 0 Å². The van der Waals surface area contributed by atoms with Crippen LogP contribution >= 0.6 is 11.6 Å². The van der Waals surface area contributed by atoms with Gasteiger partial charge >= 0.3 is 0 Å². The highest BCUT2D eigenvalue weighted by atomic mass is 35.5. The average molecular weight is 420 g/mol. The maximum atomic E-state index is 10.8. The molecule has 0 aliphatic carbocycles. The lowest BCUT2D eigenvalue weighted by molar-refractivity contribution is -0.00638. The molecule has 1 aromatic heterocycles. The number of likely N-dealkylation sites (N-methyl/N-ethyl adjacent to an activating group) is 1. The number of ether oxygens (including phenoxy) is 2. The Morgan fingerprint density at radius 2 is 2.10 bits per heavy atom. The Morgan fingerprint density at radius 3 is 2.76 bits per heavy atom. The molecule has 0 saturated carbocycles. The van der Waals surface area contributed by atoms with Gasteiger partial charge in [0.2, 0.25) is 0 Å². The smallest absolute Gasteiger partial charge is 0.165 e. The summed E-state index contributed by atoms with van der Waals surface area (Å²) in [6.07, 6.45) is 3.19. The van der Waals surface area contributed by atoms with Gasteiger partial charge in [-0.1, -0.05) is 17.7 Å². The molecule has 1 saturated heterocycles. The summed E-state index contributed by atoms with van der Waals surface area (Å²) in [6.45, 7) is 3.03. The molecule has 0 radical (unpaired) electrons. The average Bonchev–Trinajstić information content (AvgIpc) is 2.72. The first-order valence-electron chi connectivity index (χ1n) is 9.92. The molecule has 29 heavy (non-hydrogen) atoms. The van der Waals surface area contributed by atoms with E-state index in [0.29, 0.717) is 29.6 Å². The fraction of sp³-hybridized carbons (Fsp3) is 0.500. The normalized spacial score (nSPS) is 20.1. The highest BCUT2D eigenvalue weighted by Crippen LogP contribution is 2.35. The van der Waals surface area contributed by atoms with E-state index in [1.54, 1.807) is 20.3 Å². The number of aliphatic hydroxyl groups excluding tert-OH is 1. The van der Waals surface area contributed by atoms with E-state index in [0.717, 1.165) is 37.2 Å². The highest BCUT2D eigenvalue weighted by Gasteiger charge is 2.31. The monoisotopic (exact) mass is 419 g/mol. The molecule has 6 nitrogen and oxygen atoms in total. The summed E-state index contributed by atoms with van der Waals surface area (Å²) in [5.41, 5.74) is 2.04. The number of nitrogens with zero attached hydrogens (tertiary/aromatic N) is 3. The molecule has 2 atom stereocenters. The third kappa shape index (κ3) is 5.60. The minimum absolute atomic E-state index is 0.144. The molecule has 0 unspecified atom stereocenters. The van der Waals surface area contributed by atoms with E-state index < -0.39 is 6.10 Å². The fourth-order valence-electron chi connectivity index (χ4n) is 4.01. The summed E-state index contributed by atoms with van der Waals surface area (Å²) < 4.78 is 10.9. The van der Waals surface area contributed by atoms with E-state index in [-0.39, 0.29) is 6.04 Å². The van der Waals surface area contributed by atoms with Crippen molar-refractivity contribution < 1.29 is 14.6 Å². The number of piperidine rings is 1. The van der Waals surface area contributed by atoms with Gasteiger partial charge in [-0.15, -0.1) is 0 Å². The van der Waals surface area contributed by atoms with Gasteiger partial charge in [-0.3, -0.25) is 9.88 Å². The number of likely N-dealkylation sites (tertiary alicyclic amines) is 1. The Kier molecular flexibility index (Phi) is 7.72. The second-order valence-corrected chi connectivity index (χ2v) is 7.95. The number of aromatic nitrogens is 1. The third-order valence-corrected chi connectivity index (χ3v) is 5.78. The van der Waals surface area contributed by atoms with Crippen LogP contribution < -0.4 is 9.47 Å². The van der Waals surface area contributed by atoms with E-state index in [1.807, 2.05) is 30.5 Å². The van der Waals surface area contributed by atoms with Crippen molar-refractivity contribution in [2.75, 3.05) is 40.9 Å². The maximum Gasteiger partial charge on any atom is 0.165 e. The van der Waals surface area contributed by atoms with Crippen LogP contribution in [0.25, 0.3) is 0 Å². The molecule has 0 bridgehead atoms. The molecule has 0 amide bonds. The van der Waals surface area contributed by atoms with Crippen LogP contribution in [0.4, 0.5) is 0 Å². The van der Waals surface area contributed by atoms with Gasteiger partial charge in [0.1, 0.15) is 0 Å². The molecule has 158 valence electrons. The number of hydrogen-bond acceptors (Lipinski definition) is 6. The van der Waals surface area contributed by atoms with Gasteiger partial charge in [0.15, 0.2) is 11.5 Å². The van der Waals surface area contributed by atoms with Crippen LogP contribution in [0.15, 0.2) is 36.5 Å². The van der Waals surface area contributed by atoms with Crippen molar-refractivity contribution in [1.82, 2.24) is 14.8 Å². The molecule has 1 aliphatic heterocycles. The molecule has 1 fully saturated rings. The van der Waals surface area contributed by atoms with Crippen molar-refractivity contribution in [2.45, 2.75) is 31.5 Å². The van der Waals surface area contributed by atoms with Gasteiger partial charge in [0, 0.05) is 67.2 Å². The zero-order chi connectivity index (χ0) is 20.8. The quantitative estimate of drug-likeness (QED) is 0.710. The molecule has 0 spiro atoms. The third-order valence-electron chi connectivity index (χ3n) is 5.56. The Labute approximate surface area is 178 Å². The zero-order valence-electron chi connectivity index (χ0n) is 17.3. The number of pyridine rings is 1. The minimum atomic E-state index is -0.412. The summed E-state index contributed by atoms with van der Waals surface area (Å²) in [4.78, 5) is 8.87. The Hall–Kier alpha value is -1.86. The number of halogens is 1. The van der Waals surface area contributed by atoms with E-state index in [1.165, 1.54) is 0 Å². The standard InChI is InChI=1S/C22H30ClN3O3/c1-25(10-7-18-6-4-5-9-24-18)19-8-11-26(15-20(19)27)14-16-12-17(23)13-21(28-2)22(16)29-3/h4-6,9,12-13,19-20,27H,7-8,10-11,14-15H2,1-3H3/t19-,20-/m1/s1.